The van der Waals surface area contributed by atoms with Crippen LogP contribution in [0.15, 0.2) is 62.3 Å². The van der Waals surface area contributed by atoms with Crippen LogP contribution < -0.4 is 31.0 Å². The molecule has 3 aliphatic rings. The van der Waals surface area contributed by atoms with E-state index in [1.54, 1.807) is 45.9 Å². The summed E-state index contributed by atoms with van der Waals surface area (Å²) in [6.45, 7) is 19.5. The van der Waals surface area contributed by atoms with Crippen LogP contribution in [0, 0.1) is 36.5 Å². The Morgan fingerprint density at radius 3 is 2.23 bits per heavy atom. The average molecular weight is 899 g/mol. The van der Waals surface area contributed by atoms with Crippen molar-refractivity contribution in [1.29, 1.82) is 0 Å². The van der Waals surface area contributed by atoms with Crippen LogP contribution in [0.1, 0.15) is 61.0 Å². The van der Waals surface area contributed by atoms with Gasteiger partial charge < -0.3 is 54.4 Å². The summed E-state index contributed by atoms with van der Waals surface area (Å²) in [5.41, 5.74) is -1.25. The Morgan fingerprint density at radius 2 is 1.57 bits per heavy atom. The predicted molar refractivity (Wildman–Crippen MR) is 249 cm³/mol. The second-order valence-corrected chi connectivity index (χ2v) is 18.6. The SMILES string of the molecule is CO[C@H]1/C=C/O[C@@]2(C)Oc3c(C)c(O)c4c(=O)c(c5oc6cc(N7CCN(CC(C)C)CC7)cc(=O)c6nc5c4c3=C2O)NC(=O)/C(C)=C\C=C\[C@H](C)[C@H](O)[C@@H](C)[C@@H](O)[C@@H](C)[C@H](O)[C@@H]1C. The Hall–Kier alpha value is -5.52. The van der Waals surface area contributed by atoms with Crippen molar-refractivity contribution >= 4 is 56.0 Å². The first-order valence-corrected chi connectivity index (χ1v) is 22.3. The van der Waals surface area contributed by atoms with Gasteiger partial charge in [0.05, 0.1) is 41.3 Å². The van der Waals surface area contributed by atoms with Crippen molar-refractivity contribution in [3.8, 4) is 11.5 Å². The van der Waals surface area contributed by atoms with Crippen LogP contribution in [0.2, 0.25) is 0 Å². The molecule has 65 heavy (non-hydrogen) atoms. The lowest BCUT2D eigenvalue weighted by Crippen LogP contribution is -2.47. The molecule has 16 nitrogen and oxygen atoms in total. The number of methoxy groups -OCH3 is 1. The zero-order chi connectivity index (χ0) is 47.4. The minimum Gasteiger partial charge on any atom is -0.507 e. The van der Waals surface area contributed by atoms with Crippen LogP contribution in [-0.2, 0) is 14.3 Å². The summed E-state index contributed by atoms with van der Waals surface area (Å²) >= 11 is 0. The van der Waals surface area contributed by atoms with Gasteiger partial charge in [0.1, 0.15) is 22.7 Å². The summed E-state index contributed by atoms with van der Waals surface area (Å²) in [7, 11) is 1.45. The number of nitrogens with zero attached hydrogens (tertiary/aromatic N) is 3. The molecule has 9 atom stereocenters. The average Bonchev–Trinajstić information content (AvgIpc) is 3.54. The number of rotatable bonds is 4. The summed E-state index contributed by atoms with van der Waals surface area (Å²) in [4.78, 5) is 52.1. The number of ether oxygens (including phenoxy) is 3. The first-order chi connectivity index (χ1) is 30.7. The van der Waals surface area contributed by atoms with E-state index < -0.39 is 82.1 Å². The van der Waals surface area contributed by atoms with E-state index in [0.29, 0.717) is 24.7 Å². The number of aliphatic hydroxyl groups excluding tert-OH is 4. The smallest absolute Gasteiger partial charge is 0.307 e. The molecule has 1 fully saturated rings. The van der Waals surface area contributed by atoms with E-state index in [0.717, 1.165) is 19.6 Å². The Bertz CT molecular complexity index is 2780. The van der Waals surface area contributed by atoms with Gasteiger partial charge in [-0.3, -0.25) is 19.3 Å². The van der Waals surface area contributed by atoms with Crippen molar-refractivity contribution in [2.24, 2.45) is 29.6 Å². The van der Waals surface area contributed by atoms with E-state index in [9.17, 15) is 39.9 Å². The molecule has 4 aromatic rings. The summed E-state index contributed by atoms with van der Waals surface area (Å²) < 4.78 is 24.5. The molecule has 3 aliphatic heterocycles. The highest BCUT2D eigenvalue weighted by Gasteiger charge is 2.44. The highest BCUT2D eigenvalue weighted by Crippen LogP contribution is 2.42. The number of benzene rings is 3. The van der Waals surface area contributed by atoms with Crippen LogP contribution in [0.3, 0.4) is 0 Å². The van der Waals surface area contributed by atoms with Gasteiger partial charge in [0, 0.05) is 105 Å². The van der Waals surface area contributed by atoms with Crippen molar-refractivity contribution in [2.45, 2.75) is 92.5 Å². The van der Waals surface area contributed by atoms with Gasteiger partial charge in [0.15, 0.2) is 22.4 Å². The number of amides is 1. The number of allylic oxidation sites excluding steroid dienone is 2. The third-order valence-corrected chi connectivity index (χ3v) is 13.5. The first-order valence-electron chi connectivity index (χ1n) is 22.3. The Kier molecular flexibility index (Phi) is 13.4. The molecule has 6 N–H and O–H groups in total. The standard InChI is InChI=1S/C49H62N4O12/c1-23(2)22-52-15-17-53(18-16-52)30-20-31(54)37-33(21-30)64-46-38(50-37)34-35-43(58)29(8)45-36(34)47(60)49(9,65-45)63-19-14-32(62-10)26(5)41(56)28(7)42(57)27(6)40(55)24(3)12-11-13-25(4)48(61)51-39(46)44(35)59/h11-14,19-21,23-24,26-28,32,40-42,55-58,60H,15-18,22H2,1-10H3,(H,51,61)/b12-11+,19-14+,25-13-/t24-,26+,27+,28-,32-,40-,41+,42+,49-/m0/s1. The summed E-state index contributed by atoms with van der Waals surface area (Å²) in [5.74, 6) is -5.68. The lowest BCUT2D eigenvalue weighted by Gasteiger charge is -2.36. The zero-order valence-corrected chi connectivity index (χ0v) is 38.7. The number of anilines is 2. The van der Waals surface area contributed by atoms with Gasteiger partial charge in [-0.2, -0.15) is 0 Å². The maximum atomic E-state index is 14.8. The van der Waals surface area contributed by atoms with E-state index in [2.05, 4.69) is 29.0 Å². The summed E-state index contributed by atoms with van der Waals surface area (Å²) in [6, 6.07) is 3.17. The van der Waals surface area contributed by atoms with Gasteiger partial charge in [0.2, 0.25) is 10.9 Å². The van der Waals surface area contributed by atoms with Gasteiger partial charge >= 0.3 is 5.79 Å². The van der Waals surface area contributed by atoms with Crippen LogP contribution in [-0.4, -0.2) is 111 Å². The molecule has 0 aliphatic carbocycles. The topological polar surface area (TPSA) is 225 Å². The van der Waals surface area contributed by atoms with E-state index >= 15 is 0 Å². The van der Waals surface area contributed by atoms with Crippen LogP contribution in [0.25, 0.3) is 38.7 Å². The van der Waals surface area contributed by atoms with E-state index in [-0.39, 0.29) is 60.8 Å². The summed E-state index contributed by atoms with van der Waals surface area (Å²) in [5, 5.41) is 60.2. The number of carbonyl (C=O) groups is 1. The number of phenolic OH excluding ortho intramolecular Hbond substituents is 1. The monoisotopic (exact) mass is 898 g/mol. The number of aromatic nitrogens is 1. The van der Waals surface area contributed by atoms with Crippen LogP contribution in [0.5, 0.6) is 11.5 Å². The Labute approximate surface area is 377 Å². The fourth-order valence-corrected chi connectivity index (χ4v) is 9.37. The van der Waals surface area contributed by atoms with Crippen molar-refractivity contribution in [2.75, 3.05) is 50.1 Å². The maximum Gasteiger partial charge on any atom is 0.307 e. The van der Waals surface area contributed by atoms with Crippen molar-refractivity contribution in [3.05, 3.63) is 79.5 Å². The molecule has 1 aromatic heterocycles. The van der Waals surface area contributed by atoms with E-state index in [1.807, 2.05) is 0 Å². The van der Waals surface area contributed by atoms with Gasteiger partial charge in [-0.1, -0.05) is 59.8 Å². The Balaban J connectivity index is 1.46. The molecule has 4 heterocycles. The predicted octanol–water partition coefficient (Wildman–Crippen LogP) is 4.77. The number of piperazine rings is 1. The number of carbonyl (C=O) groups excluding carboxylic acids is 1. The molecule has 1 saturated heterocycles. The lowest BCUT2D eigenvalue weighted by atomic mass is 9.78. The normalized spacial score (nSPS) is 30.4. The van der Waals surface area contributed by atoms with Gasteiger partial charge in [-0.25, -0.2) is 4.98 Å². The first kappa shape index (κ1) is 47.4. The number of nitrogens with one attached hydrogen (secondary N) is 1. The molecule has 350 valence electrons. The molecule has 1 amide bonds. The molecular weight excluding hydrogens is 837 g/mol. The highest BCUT2D eigenvalue weighted by molar-refractivity contribution is 6.16. The number of aliphatic hydroxyl groups is 4. The number of hydrogen-bond donors (Lipinski definition) is 6. The molecule has 4 bridgehead atoms. The number of hydrogen-bond acceptors (Lipinski definition) is 15. The minimum atomic E-state index is -1.95. The fraction of sp³-hybridized carbons (Fsp3) is 0.510. The third-order valence-electron chi connectivity index (χ3n) is 13.5. The van der Waals surface area contributed by atoms with Gasteiger partial charge in [0.25, 0.3) is 5.91 Å². The Morgan fingerprint density at radius 1 is 0.908 bits per heavy atom. The highest BCUT2D eigenvalue weighted by atomic mass is 16.7. The quantitative estimate of drug-likeness (QED) is 0.120. The van der Waals surface area contributed by atoms with Crippen LogP contribution in [0.4, 0.5) is 11.4 Å². The number of aromatic hydroxyl groups is 1. The molecule has 7 rings (SSSR count). The maximum absolute atomic E-state index is 14.8. The molecule has 3 aromatic carbocycles. The number of phenols is 1. The largest absolute Gasteiger partial charge is 0.507 e. The van der Waals surface area contributed by atoms with Gasteiger partial charge in [-0.15, -0.1) is 0 Å². The lowest BCUT2D eigenvalue weighted by molar-refractivity contribution is -0.112. The zero-order valence-electron chi connectivity index (χ0n) is 38.7. The number of fused-ring (bicyclic) bond motifs is 2. The second-order valence-electron chi connectivity index (χ2n) is 18.6. The molecule has 0 saturated carbocycles. The molecule has 0 radical (unpaired) electrons. The van der Waals surface area contributed by atoms with E-state index in [1.165, 1.54) is 52.4 Å². The van der Waals surface area contributed by atoms with Crippen molar-refractivity contribution < 1.29 is 49.0 Å². The van der Waals surface area contributed by atoms with E-state index in [4.69, 9.17) is 23.6 Å². The third kappa shape index (κ3) is 8.69. The molecule has 0 spiro atoms. The van der Waals surface area contributed by atoms with Gasteiger partial charge in [-0.05, 0) is 25.8 Å². The second kappa shape index (κ2) is 18.4. The molecular formula is C49H62N4O12. The van der Waals surface area contributed by atoms with Crippen molar-refractivity contribution in [1.82, 2.24) is 9.88 Å². The molecule has 0 unspecified atom stereocenters. The van der Waals surface area contributed by atoms with Crippen LogP contribution >= 0.6 is 0 Å². The van der Waals surface area contributed by atoms with Crippen molar-refractivity contribution in [3.63, 3.8) is 0 Å². The molecule has 16 heteroatoms. The minimum absolute atomic E-state index is 0.0337. The summed E-state index contributed by atoms with van der Waals surface area (Å²) in [6.07, 6.45) is 3.50. The fourth-order valence-electron chi connectivity index (χ4n) is 9.37.